The summed E-state index contributed by atoms with van der Waals surface area (Å²) in [5, 5.41) is 0. The van der Waals surface area contributed by atoms with Crippen molar-refractivity contribution in [2.45, 2.75) is 39.3 Å². The molecule has 2 N–H and O–H groups in total. The Labute approximate surface area is 87.6 Å². The molecular formula is C11H24N2O. The van der Waals surface area contributed by atoms with Gasteiger partial charge >= 0.3 is 0 Å². The third-order valence-electron chi connectivity index (χ3n) is 3.49. The molecule has 1 saturated heterocycles. The van der Waals surface area contributed by atoms with Crippen LogP contribution in [0.1, 0.15) is 27.2 Å². The zero-order chi connectivity index (χ0) is 10.6. The number of nitrogens with two attached hydrogens (primary N) is 1. The van der Waals surface area contributed by atoms with Crippen LogP contribution in [0.5, 0.6) is 0 Å². The Hall–Kier alpha value is -0.120. The molecule has 0 saturated carbocycles. The molecule has 3 nitrogen and oxygen atoms in total. The Morgan fingerprint density at radius 2 is 2.14 bits per heavy atom. The number of hydrogen-bond donors (Lipinski definition) is 1. The molecule has 0 aromatic rings. The van der Waals surface area contributed by atoms with E-state index in [1.165, 1.54) is 0 Å². The summed E-state index contributed by atoms with van der Waals surface area (Å²) in [6, 6.07) is 0.979. The van der Waals surface area contributed by atoms with Gasteiger partial charge in [-0.15, -0.1) is 0 Å². The van der Waals surface area contributed by atoms with Gasteiger partial charge in [-0.2, -0.15) is 0 Å². The van der Waals surface area contributed by atoms with E-state index in [1.54, 1.807) is 0 Å². The third-order valence-corrected chi connectivity index (χ3v) is 3.49. The lowest BCUT2D eigenvalue weighted by molar-refractivity contribution is 0.0546. The molecular weight excluding hydrogens is 176 g/mol. The predicted molar refractivity (Wildman–Crippen MR) is 59.3 cm³/mol. The van der Waals surface area contributed by atoms with Crippen molar-refractivity contribution in [2.24, 2.45) is 11.7 Å². The first-order valence-electron chi connectivity index (χ1n) is 5.74. The second-order valence-electron chi connectivity index (χ2n) is 4.29. The third kappa shape index (κ3) is 2.94. The molecule has 3 atom stereocenters. The van der Waals surface area contributed by atoms with Crippen molar-refractivity contribution in [3.8, 4) is 0 Å². The number of rotatable bonds is 4. The molecule has 1 rings (SSSR count). The van der Waals surface area contributed by atoms with Crippen molar-refractivity contribution in [1.82, 2.24) is 4.90 Å². The van der Waals surface area contributed by atoms with E-state index in [0.717, 1.165) is 32.7 Å². The van der Waals surface area contributed by atoms with Gasteiger partial charge in [-0.05, 0) is 26.2 Å². The first-order chi connectivity index (χ1) is 6.66. The molecule has 1 aliphatic heterocycles. The first kappa shape index (κ1) is 12.0. The number of piperidine rings is 1. The summed E-state index contributed by atoms with van der Waals surface area (Å²) in [6.07, 6.45) is 1.12. The molecule has 1 heterocycles. The summed E-state index contributed by atoms with van der Waals surface area (Å²) in [4.78, 5) is 2.49. The molecule has 0 radical (unpaired) electrons. The van der Waals surface area contributed by atoms with Crippen LogP contribution >= 0.6 is 0 Å². The van der Waals surface area contributed by atoms with Gasteiger partial charge in [0, 0.05) is 31.8 Å². The van der Waals surface area contributed by atoms with Crippen LogP contribution < -0.4 is 5.73 Å². The van der Waals surface area contributed by atoms with Crippen molar-refractivity contribution in [3.63, 3.8) is 0 Å². The normalized spacial score (nSPS) is 34.7. The Balaban J connectivity index is 2.31. The van der Waals surface area contributed by atoms with E-state index in [1.807, 2.05) is 6.92 Å². The van der Waals surface area contributed by atoms with Gasteiger partial charge in [0.1, 0.15) is 0 Å². The summed E-state index contributed by atoms with van der Waals surface area (Å²) in [5.41, 5.74) is 6.03. The molecule has 3 heteroatoms. The number of hydrogen-bond acceptors (Lipinski definition) is 3. The fraction of sp³-hybridized carbons (Fsp3) is 1.00. The average molecular weight is 200 g/mol. The lowest BCUT2D eigenvalue weighted by Gasteiger charge is -2.41. The molecule has 0 amide bonds. The van der Waals surface area contributed by atoms with Crippen molar-refractivity contribution in [1.29, 1.82) is 0 Å². The predicted octanol–water partition coefficient (Wildman–Crippen LogP) is 1.08. The van der Waals surface area contributed by atoms with E-state index in [2.05, 4.69) is 18.7 Å². The Morgan fingerprint density at radius 3 is 2.79 bits per heavy atom. The average Bonchev–Trinajstić information content (AvgIpc) is 2.18. The molecule has 0 aromatic heterocycles. The number of likely N-dealkylation sites (tertiary alicyclic amines) is 1. The molecule has 0 aromatic carbocycles. The Morgan fingerprint density at radius 1 is 1.43 bits per heavy atom. The van der Waals surface area contributed by atoms with Gasteiger partial charge in [-0.1, -0.05) is 6.92 Å². The maximum Gasteiger partial charge on any atom is 0.0593 e. The lowest BCUT2D eigenvalue weighted by atomic mass is 9.88. The highest BCUT2D eigenvalue weighted by atomic mass is 16.5. The minimum atomic E-state index is 0.383. The molecule has 0 aliphatic carbocycles. The SMILES string of the molecule is CCOCCN1CCC(N)C(C)C1C. The van der Waals surface area contributed by atoms with Crippen LogP contribution in [0.2, 0.25) is 0 Å². The van der Waals surface area contributed by atoms with Gasteiger partial charge in [0.25, 0.3) is 0 Å². The zero-order valence-corrected chi connectivity index (χ0v) is 9.70. The summed E-state index contributed by atoms with van der Waals surface area (Å²) in [7, 11) is 0. The monoisotopic (exact) mass is 200 g/mol. The van der Waals surface area contributed by atoms with Gasteiger partial charge < -0.3 is 10.5 Å². The van der Waals surface area contributed by atoms with Crippen molar-refractivity contribution >= 4 is 0 Å². The fourth-order valence-corrected chi connectivity index (χ4v) is 2.11. The highest BCUT2D eigenvalue weighted by Gasteiger charge is 2.29. The molecule has 1 aliphatic rings. The van der Waals surface area contributed by atoms with Crippen LogP contribution in [0.4, 0.5) is 0 Å². The van der Waals surface area contributed by atoms with Gasteiger partial charge in [0.2, 0.25) is 0 Å². The topological polar surface area (TPSA) is 38.5 Å². The van der Waals surface area contributed by atoms with Gasteiger partial charge in [-0.3, -0.25) is 4.90 Å². The van der Waals surface area contributed by atoms with Gasteiger partial charge in [-0.25, -0.2) is 0 Å². The minimum absolute atomic E-state index is 0.383. The second-order valence-corrected chi connectivity index (χ2v) is 4.29. The van der Waals surface area contributed by atoms with Crippen molar-refractivity contribution in [2.75, 3.05) is 26.3 Å². The van der Waals surface area contributed by atoms with Crippen molar-refractivity contribution in [3.05, 3.63) is 0 Å². The molecule has 0 spiro atoms. The maximum absolute atomic E-state index is 6.03. The quantitative estimate of drug-likeness (QED) is 0.690. The molecule has 3 unspecified atom stereocenters. The molecule has 1 fully saturated rings. The smallest absolute Gasteiger partial charge is 0.0593 e. The number of nitrogens with zero attached hydrogens (tertiary/aromatic N) is 1. The van der Waals surface area contributed by atoms with Crippen LogP contribution in [-0.2, 0) is 4.74 Å². The summed E-state index contributed by atoms with van der Waals surface area (Å²) < 4.78 is 5.37. The Bertz CT molecular complexity index is 163. The van der Waals surface area contributed by atoms with E-state index in [9.17, 15) is 0 Å². The minimum Gasteiger partial charge on any atom is -0.380 e. The maximum atomic E-state index is 6.03. The van der Waals surface area contributed by atoms with Crippen LogP contribution in [0.25, 0.3) is 0 Å². The molecule has 14 heavy (non-hydrogen) atoms. The van der Waals surface area contributed by atoms with Crippen molar-refractivity contribution < 1.29 is 4.74 Å². The largest absolute Gasteiger partial charge is 0.380 e. The Kier molecular flexibility index (Phi) is 4.85. The van der Waals surface area contributed by atoms with E-state index >= 15 is 0 Å². The standard InChI is InChI=1S/C11H24N2O/c1-4-14-8-7-13-6-5-11(12)9(2)10(13)3/h9-11H,4-8,12H2,1-3H3. The summed E-state index contributed by atoms with van der Waals surface area (Å²) in [6.45, 7) is 10.4. The van der Waals surface area contributed by atoms with Crippen LogP contribution in [-0.4, -0.2) is 43.3 Å². The van der Waals surface area contributed by atoms with Gasteiger partial charge in [0.15, 0.2) is 0 Å². The summed E-state index contributed by atoms with van der Waals surface area (Å²) >= 11 is 0. The van der Waals surface area contributed by atoms with Crippen LogP contribution in [0.15, 0.2) is 0 Å². The van der Waals surface area contributed by atoms with E-state index in [0.29, 0.717) is 18.0 Å². The zero-order valence-electron chi connectivity index (χ0n) is 9.70. The van der Waals surface area contributed by atoms with E-state index in [-0.39, 0.29) is 0 Å². The van der Waals surface area contributed by atoms with E-state index < -0.39 is 0 Å². The van der Waals surface area contributed by atoms with Gasteiger partial charge in [0.05, 0.1) is 6.61 Å². The van der Waals surface area contributed by atoms with E-state index in [4.69, 9.17) is 10.5 Å². The second kappa shape index (κ2) is 5.69. The van der Waals surface area contributed by atoms with Crippen LogP contribution in [0.3, 0.4) is 0 Å². The fourth-order valence-electron chi connectivity index (χ4n) is 2.11. The highest BCUT2D eigenvalue weighted by molar-refractivity contribution is 4.86. The molecule has 0 bridgehead atoms. The number of ether oxygens (including phenoxy) is 1. The first-order valence-corrected chi connectivity index (χ1v) is 5.74. The highest BCUT2D eigenvalue weighted by Crippen LogP contribution is 2.21. The van der Waals surface area contributed by atoms with Crippen LogP contribution in [0, 0.1) is 5.92 Å². The lowest BCUT2D eigenvalue weighted by Crippen LogP contribution is -2.52. The molecule has 84 valence electrons. The summed E-state index contributed by atoms with van der Waals surface area (Å²) in [5.74, 6) is 0.602.